The quantitative estimate of drug-likeness (QED) is 0.471. The average Bonchev–Trinajstić information content (AvgIpc) is 2.37. The molecule has 0 aliphatic heterocycles. The van der Waals surface area contributed by atoms with Crippen molar-refractivity contribution in [1.29, 1.82) is 0 Å². The Morgan fingerprint density at radius 2 is 2.17 bits per heavy atom. The number of nitro benzene ring substituents is 1. The highest BCUT2D eigenvalue weighted by Gasteiger charge is 2.14. The molecule has 1 aromatic carbocycles. The van der Waals surface area contributed by atoms with Crippen LogP contribution in [-0.2, 0) is 4.74 Å². The molecule has 0 amide bonds. The summed E-state index contributed by atoms with van der Waals surface area (Å²) in [4.78, 5) is 25.9. The first-order valence-corrected chi connectivity index (χ1v) is 5.34. The summed E-state index contributed by atoms with van der Waals surface area (Å²) < 4.78 is 4.82. The maximum atomic E-state index is 11.5. The second-order valence-electron chi connectivity index (χ2n) is 3.52. The first kappa shape index (κ1) is 12.0. The third-order valence-electron chi connectivity index (χ3n) is 2.39. The number of ether oxygens (including phenoxy) is 1. The van der Waals surface area contributed by atoms with Crippen molar-refractivity contribution < 1.29 is 14.5 Å². The van der Waals surface area contributed by atoms with Crippen LogP contribution in [0, 0.1) is 10.1 Å². The van der Waals surface area contributed by atoms with Crippen molar-refractivity contribution in [1.82, 2.24) is 4.98 Å². The standard InChI is InChI=1S/C12H10N2O4/c1-2-18-12(15)10-7-6-8-9(13-10)4-3-5-11(8)14(16)17/h3-7H,2H2,1H3. The summed E-state index contributed by atoms with van der Waals surface area (Å²) in [5.74, 6) is -0.536. The highest BCUT2D eigenvalue weighted by atomic mass is 16.6. The second kappa shape index (κ2) is 4.79. The number of carbonyl (C=O) groups excluding carboxylic acids is 1. The highest BCUT2D eigenvalue weighted by Crippen LogP contribution is 2.24. The Kier molecular flexibility index (Phi) is 3.18. The zero-order chi connectivity index (χ0) is 13.1. The molecule has 6 heteroatoms. The number of non-ortho nitro benzene ring substituents is 1. The SMILES string of the molecule is CCOC(=O)c1ccc2c([N+](=O)[O-])cccc2n1. The van der Waals surface area contributed by atoms with E-state index in [1.165, 1.54) is 24.3 Å². The highest BCUT2D eigenvalue weighted by molar-refractivity contribution is 5.93. The van der Waals surface area contributed by atoms with Gasteiger partial charge in [-0.3, -0.25) is 10.1 Å². The van der Waals surface area contributed by atoms with Crippen LogP contribution in [0.2, 0.25) is 0 Å². The summed E-state index contributed by atoms with van der Waals surface area (Å²) in [6.07, 6.45) is 0. The maximum absolute atomic E-state index is 11.5. The monoisotopic (exact) mass is 246 g/mol. The fraction of sp³-hybridized carbons (Fsp3) is 0.167. The van der Waals surface area contributed by atoms with Crippen LogP contribution in [0.5, 0.6) is 0 Å². The minimum Gasteiger partial charge on any atom is -0.461 e. The molecule has 0 radical (unpaired) electrons. The van der Waals surface area contributed by atoms with Gasteiger partial charge in [0.15, 0.2) is 0 Å². The smallest absolute Gasteiger partial charge is 0.356 e. The molecule has 0 aliphatic carbocycles. The van der Waals surface area contributed by atoms with Gasteiger partial charge in [-0.15, -0.1) is 0 Å². The zero-order valence-corrected chi connectivity index (χ0v) is 9.62. The fourth-order valence-electron chi connectivity index (χ4n) is 1.62. The zero-order valence-electron chi connectivity index (χ0n) is 9.62. The van der Waals surface area contributed by atoms with Crippen LogP contribution in [0.3, 0.4) is 0 Å². The number of fused-ring (bicyclic) bond motifs is 1. The van der Waals surface area contributed by atoms with Gasteiger partial charge in [0, 0.05) is 6.07 Å². The minimum absolute atomic E-state index is 0.0320. The van der Waals surface area contributed by atoms with Gasteiger partial charge in [0.1, 0.15) is 5.69 Å². The summed E-state index contributed by atoms with van der Waals surface area (Å²) >= 11 is 0. The van der Waals surface area contributed by atoms with E-state index in [0.29, 0.717) is 10.9 Å². The summed E-state index contributed by atoms with van der Waals surface area (Å²) in [7, 11) is 0. The first-order chi connectivity index (χ1) is 8.63. The number of rotatable bonds is 3. The lowest BCUT2D eigenvalue weighted by Crippen LogP contribution is -2.07. The van der Waals surface area contributed by atoms with Crippen molar-refractivity contribution in [3.63, 3.8) is 0 Å². The Morgan fingerprint density at radius 1 is 1.39 bits per heavy atom. The second-order valence-corrected chi connectivity index (χ2v) is 3.52. The molecule has 1 heterocycles. The molecule has 2 aromatic rings. The van der Waals surface area contributed by atoms with Crippen LogP contribution in [0.1, 0.15) is 17.4 Å². The van der Waals surface area contributed by atoms with E-state index in [-0.39, 0.29) is 18.0 Å². The minimum atomic E-state index is -0.536. The molecule has 0 N–H and O–H groups in total. The van der Waals surface area contributed by atoms with E-state index < -0.39 is 10.9 Å². The van der Waals surface area contributed by atoms with Gasteiger partial charge in [0.25, 0.3) is 5.69 Å². The van der Waals surface area contributed by atoms with Gasteiger partial charge >= 0.3 is 5.97 Å². The first-order valence-electron chi connectivity index (χ1n) is 5.34. The number of esters is 1. The van der Waals surface area contributed by atoms with Gasteiger partial charge in [-0.25, -0.2) is 9.78 Å². The van der Waals surface area contributed by atoms with E-state index in [2.05, 4.69) is 4.98 Å². The normalized spacial score (nSPS) is 10.3. The Balaban J connectivity index is 2.53. The summed E-state index contributed by atoms with van der Waals surface area (Å²) in [5, 5.41) is 11.2. The predicted molar refractivity (Wildman–Crippen MR) is 64.4 cm³/mol. The molecule has 2 rings (SSSR count). The fourth-order valence-corrected chi connectivity index (χ4v) is 1.62. The number of hydrogen-bond donors (Lipinski definition) is 0. The van der Waals surface area contributed by atoms with Gasteiger partial charge in [-0.05, 0) is 25.1 Å². The molecule has 0 bridgehead atoms. The van der Waals surface area contributed by atoms with Gasteiger partial charge < -0.3 is 4.74 Å². The van der Waals surface area contributed by atoms with Gasteiger partial charge in [0.05, 0.1) is 22.4 Å². The number of pyridine rings is 1. The predicted octanol–water partition coefficient (Wildman–Crippen LogP) is 2.32. The topological polar surface area (TPSA) is 82.3 Å². The maximum Gasteiger partial charge on any atom is 0.356 e. The van der Waals surface area contributed by atoms with Crippen molar-refractivity contribution in [2.75, 3.05) is 6.61 Å². The summed E-state index contributed by atoms with van der Waals surface area (Å²) in [6, 6.07) is 7.47. The largest absolute Gasteiger partial charge is 0.461 e. The third kappa shape index (κ3) is 2.13. The van der Waals surface area contributed by atoms with Crippen LogP contribution >= 0.6 is 0 Å². The lowest BCUT2D eigenvalue weighted by atomic mass is 10.1. The van der Waals surface area contributed by atoms with Crippen molar-refractivity contribution in [2.45, 2.75) is 6.92 Å². The summed E-state index contributed by atoms with van der Waals surface area (Å²) in [6.45, 7) is 1.96. The molecule has 0 atom stereocenters. The molecule has 18 heavy (non-hydrogen) atoms. The van der Waals surface area contributed by atoms with Gasteiger partial charge in [-0.1, -0.05) is 6.07 Å². The molecular weight excluding hydrogens is 236 g/mol. The number of aromatic nitrogens is 1. The Bertz CT molecular complexity index is 625. The Hall–Kier alpha value is -2.50. The van der Waals surface area contributed by atoms with E-state index in [0.717, 1.165) is 0 Å². The lowest BCUT2D eigenvalue weighted by Gasteiger charge is -2.03. The molecule has 0 unspecified atom stereocenters. The van der Waals surface area contributed by atoms with Crippen molar-refractivity contribution in [2.24, 2.45) is 0 Å². The van der Waals surface area contributed by atoms with E-state index >= 15 is 0 Å². The van der Waals surface area contributed by atoms with Crippen LogP contribution in [0.15, 0.2) is 30.3 Å². The number of carbonyl (C=O) groups is 1. The van der Waals surface area contributed by atoms with Crippen molar-refractivity contribution in [3.05, 3.63) is 46.1 Å². The van der Waals surface area contributed by atoms with E-state index in [1.807, 2.05) is 0 Å². The Labute approximate surface area is 102 Å². The average molecular weight is 246 g/mol. The molecule has 0 saturated carbocycles. The molecule has 0 saturated heterocycles. The molecule has 0 aliphatic rings. The molecule has 0 fully saturated rings. The van der Waals surface area contributed by atoms with E-state index in [9.17, 15) is 14.9 Å². The molecule has 1 aromatic heterocycles. The lowest BCUT2D eigenvalue weighted by molar-refractivity contribution is -0.383. The third-order valence-corrected chi connectivity index (χ3v) is 2.39. The number of nitro groups is 1. The van der Waals surface area contributed by atoms with E-state index in [4.69, 9.17) is 4.74 Å². The molecule has 0 spiro atoms. The molecular formula is C12H10N2O4. The number of nitrogens with zero attached hydrogens (tertiary/aromatic N) is 2. The number of hydrogen-bond acceptors (Lipinski definition) is 5. The van der Waals surface area contributed by atoms with Crippen LogP contribution in [-0.4, -0.2) is 22.5 Å². The van der Waals surface area contributed by atoms with Crippen LogP contribution in [0.4, 0.5) is 5.69 Å². The van der Waals surface area contributed by atoms with Crippen LogP contribution in [0.25, 0.3) is 10.9 Å². The number of benzene rings is 1. The van der Waals surface area contributed by atoms with Gasteiger partial charge in [-0.2, -0.15) is 0 Å². The molecule has 6 nitrogen and oxygen atoms in total. The summed E-state index contributed by atoms with van der Waals surface area (Å²) in [5.41, 5.74) is 0.509. The van der Waals surface area contributed by atoms with E-state index in [1.54, 1.807) is 13.0 Å². The Morgan fingerprint density at radius 3 is 2.83 bits per heavy atom. The van der Waals surface area contributed by atoms with Crippen LogP contribution < -0.4 is 0 Å². The van der Waals surface area contributed by atoms with Crippen molar-refractivity contribution in [3.8, 4) is 0 Å². The van der Waals surface area contributed by atoms with Crippen molar-refractivity contribution >= 4 is 22.6 Å². The molecule has 92 valence electrons. The van der Waals surface area contributed by atoms with Gasteiger partial charge in [0.2, 0.25) is 0 Å².